The summed E-state index contributed by atoms with van der Waals surface area (Å²) in [6.45, 7) is 0. The van der Waals surface area contributed by atoms with E-state index in [9.17, 15) is 4.79 Å². The van der Waals surface area contributed by atoms with Gasteiger partial charge in [-0.2, -0.15) is 11.8 Å². The smallest absolute Gasteiger partial charge is 0.253 e. The van der Waals surface area contributed by atoms with Crippen LogP contribution in [0, 0.1) is 0 Å². The van der Waals surface area contributed by atoms with Crippen LogP contribution in [0.15, 0.2) is 22.7 Å². The summed E-state index contributed by atoms with van der Waals surface area (Å²) in [6, 6.07) is 5.69. The minimum Gasteiger partial charge on any atom is -0.398 e. The summed E-state index contributed by atoms with van der Waals surface area (Å²) in [6.07, 6.45) is 1.09. The van der Waals surface area contributed by atoms with Gasteiger partial charge in [0.2, 0.25) is 0 Å². The summed E-state index contributed by atoms with van der Waals surface area (Å²) in [5.74, 6) is 2.25. The summed E-state index contributed by atoms with van der Waals surface area (Å²) in [7, 11) is 1.88. The zero-order valence-corrected chi connectivity index (χ0v) is 12.1. The first-order valence-electron chi connectivity index (χ1n) is 5.49. The van der Waals surface area contributed by atoms with E-state index in [0.717, 1.165) is 22.4 Å². The average molecular weight is 315 g/mol. The number of anilines is 1. The Balaban J connectivity index is 2.15. The molecule has 0 radical (unpaired) electrons. The van der Waals surface area contributed by atoms with Crippen molar-refractivity contribution in [2.24, 2.45) is 0 Å². The fourth-order valence-electron chi connectivity index (χ4n) is 1.86. The minimum atomic E-state index is 0.0678. The molecule has 92 valence electrons. The number of benzene rings is 1. The molecule has 0 bridgehead atoms. The molecule has 17 heavy (non-hydrogen) atoms. The molecule has 1 aromatic rings. The number of nitrogen functional groups attached to an aromatic ring is 1. The summed E-state index contributed by atoms with van der Waals surface area (Å²) in [4.78, 5) is 14.1. The van der Waals surface area contributed by atoms with Crippen molar-refractivity contribution < 1.29 is 4.79 Å². The number of thioether (sulfide) groups is 1. The van der Waals surface area contributed by atoms with Gasteiger partial charge in [-0.25, -0.2) is 0 Å². The third kappa shape index (κ3) is 2.77. The van der Waals surface area contributed by atoms with E-state index >= 15 is 0 Å². The molecule has 5 heteroatoms. The van der Waals surface area contributed by atoms with Gasteiger partial charge in [0.1, 0.15) is 0 Å². The van der Waals surface area contributed by atoms with Gasteiger partial charge in [-0.05, 0) is 46.3 Å². The largest absolute Gasteiger partial charge is 0.398 e. The first kappa shape index (κ1) is 12.8. The highest BCUT2D eigenvalue weighted by molar-refractivity contribution is 9.10. The molecular formula is C12H15BrN2OS. The molecule has 1 fully saturated rings. The Kier molecular flexibility index (Phi) is 3.99. The maximum atomic E-state index is 12.3. The lowest BCUT2D eigenvalue weighted by molar-refractivity contribution is 0.0748. The molecule has 1 heterocycles. The third-order valence-electron chi connectivity index (χ3n) is 3.02. The molecule has 1 aliphatic heterocycles. The zero-order valence-electron chi connectivity index (χ0n) is 9.65. The number of carbonyl (C=O) groups is 1. The number of rotatable bonds is 2. The minimum absolute atomic E-state index is 0.0678. The van der Waals surface area contributed by atoms with Gasteiger partial charge >= 0.3 is 0 Å². The van der Waals surface area contributed by atoms with Crippen molar-refractivity contribution in [2.75, 3.05) is 24.3 Å². The zero-order chi connectivity index (χ0) is 12.4. The Morgan fingerprint density at radius 1 is 1.59 bits per heavy atom. The summed E-state index contributed by atoms with van der Waals surface area (Å²) in [5, 5.41) is 0. The first-order chi connectivity index (χ1) is 8.09. The summed E-state index contributed by atoms with van der Waals surface area (Å²) < 4.78 is 0.776. The molecule has 1 aromatic carbocycles. The van der Waals surface area contributed by atoms with Crippen LogP contribution in [-0.4, -0.2) is 35.4 Å². The predicted octanol–water partition coefficient (Wildman–Crippen LogP) is 2.61. The standard InChI is InChI=1S/C12H15BrN2OS/c1-15(9-4-5-17-7-9)12(16)8-2-3-11(14)10(13)6-8/h2-3,6,9H,4-5,7,14H2,1H3. The lowest BCUT2D eigenvalue weighted by atomic mass is 10.1. The summed E-state index contributed by atoms with van der Waals surface area (Å²) >= 11 is 5.25. The molecule has 1 unspecified atom stereocenters. The van der Waals surface area contributed by atoms with Crippen molar-refractivity contribution in [3.05, 3.63) is 28.2 Å². The molecule has 2 N–H and O–H groups in total. The van der Waals surface area contributed by atoms with Crippen LogP contribution >= 0.6 is 27.7 Å². The summed E-state index contributed by atoms with van der Waals surface area (Å²) in [5.41, 5.74) is 7.05. The van der Waals surface area contributed by atoms with Crippen molar-refractivity contribution in [1.29, 1.82) is 0 Å². The average Bonchev–Trinajstić information content (AvgIpc) is 2.84. The van der Waals surface area contributed by atoms with E-state index in [1.54, 1.807) is 18.2 Å². The molecule has 0 aromatic heterocycles. The van der Waals surface area contributed by atoms with Crippen LogP contribution in [0.1, 0.15) is 16.8 Å². The molecule has 0 spiro atoms. The highest BCUT2D eigenvalue weighted by Crippen LogP contribution is 2.25. The molecule has 1 aliphatic rings. The van der Waals surface area contributed by atoms with Gasteiger partial charge in [0.25, 0.3) is 5.91 Å². The number of carbonyl (C=O) groups excluding carboxylic acids is 1. The number of hydrogen-bond donors (Lipinski definition) is 1. The van der Waals surface area contributed by atoms with Crippen molar-refractivity contribution in [3.8, 4) is 0 Å². The molecule has 1 atom stereocenters. The van der Waals surface area contributed by atoms with Crippen molar-refractivity contribution in [1.82, 2.24) is 4.90 Å². The van der Waals surface area contributed by atoms with Crippen molar-refractivity contribution >= 4 is 39.3 Å². The van der Waals surface area contributed by atoms with E-state index in [1.165, 1.54) is 0 Å². The number of nitrogens with two attached hydrogens (primary N) is 1. The second-order valence-electron chi connectivity index (χ2n) is 4.17. The van der Waals surface area contributed by atoms with Gasteiger partial charge in [0.05, 0.1) is 0 Å². The van der Waals surface area contributed by atoms with Crippen molar-refractivity contribution in [2.45, 2.75) is 12.5 Å². The lowest BCUT2D eigenvalue weighted by Crippen LogP contribution is -2.36. The van der Waals surface area contributed by atoms with Gasteiger partial charge in [-0.1, -0.05) is 0 Å². The SMILES string of the molecule is CN(C(=O)c1ccc(N)c(Br)c1)C1CCSC1. The normalized spacial score (nSPS) is 19.3. The van der Waals surface area contributed by atoms with Gasteiger partial charge in [0.15, 0.2) is 0 Å². The molecule has 2 rings (SSSR count). The Labute approximate surface area is 114 Å². The Hall–Kier alpha value is -0.680. The molecule has 0 saturated carbocycles. The highest BCUT2D eigenvalue weighted by Gasteiger charge is 2.24. The van der Waals surface area contributed by atoms with Crippen molar-refractivity contribution in [3.63, 3.8) is 0 Å². The maximum absolute atomic E-state index is 12.3. The second-order valence-corrected chi connectivity index (χ2v) is 6.17. The topological polar surface area (TPSA) is 46.3 Å². The number of amides is 1. The van der Waals surface area contributed by atoms with Crippen LogP contribution in [0.4, 0.5) is 5.69 Å². The fraction of sp³-hybridized carbons (Fsp3) is 0.417. The fourth-order valence-corrected chi connectivity index (χ4v) is 3.50. The van der Waals surface area contributed by atoms with Crippen LogP contribution in [0.2, 0.25) is 0 Å². The molecule has 0 aliphatic carbocycles. The van der Waals surface area contributed by atoms with Crippen LogP contribution in [0.3, 0.4) is 0 Å². The number of halogens is 1. The van der Waals surface area contributed by atoms with Gasteiger partial charge < -0.3 is 10.6 Å². The predicted molar refractivity (Wildman–Crippen MR) is 76.4 cm³/mol. The highest BCUT2D eigenvalue weighted by atomic mass is 79.9. The first-order valence-corrected chi connectivity index (χ1v) is 7.44. The Morgan fingerprint density at radius 3 is 2.94 bits per heavy atom. The van der Waals surface area contributed by atoms with Gasteiger partial charge in [-0.15, -0.1) is 0 Å². The third-order valence-corrected chi connectivity index (χ3v) is 4.85. The molecule has 3 nitrogen and oxygen atoms in total. The van der Waals surface area contributed by atoms with E-state index in [2.05, 4.69) is 15.9 Å². The van der Waals surface area contributed by atoms with E-state index in [0.29, 0.717) is 17.3 Å². The van der Waals surface area contributed by atoms with Gasteiger partial charge in [-0.3, -0.25) is 4.79 Å². The van der Waals surface area contributed by atoms with Crippen LogP contribution in [0.25, 0.3) is 0 Å². The molecule has 1 saturated heterocycles. The molecule has 1 amide bonds. The van der Waals surface area contributed by atoms with E-state index in [-0.39, 0.29) is 5.91 Å². The van der Waals surface area contributed by atoms with Crippen LogP contribution in [-0.2, 0) is 0 Å². The molecular weight excluding hydrogens is 300 g/mol. The van der Waals surface area contributed by atoms with E-state index < -0.39 is 0 Å². The lowest BCUT2D eigenvalue weighted by Gasteiger charge is -2.24. The number of hydrogen-bond acceptors (Lipinski definition) is 3. The van der Waals surface area contributed by atoms with Crippen LogP contribution in [0.5, 0.6) is 0 Å². The monoisotopic (exact) mass is 314 g/mol. The quantitative estimate of drug-likeness (QED) is 0.854. The second kappa shape index (κ2) is 5.31. The maximum Gasteiger partial charge on any atom is 0.253 e. The van der Waals surface area contributed by atoms with Gasteiger partial charge in [0, 0.05) is 34.6 Å². The Morgan fingerprint density at radius 2 is 2.35 bits per heavy atom. The van der Waals surface area contributed by atoms with Crippen LogP contribution < -0.4 is 5.73 Å². The van der Waals surface area contributed by atoms with E-state index in [4.69, 9.17) is 5.73 Å². The number of nitrogens with zero attached hydrogens (tertiary/aromatic N) is 1. The van der Waals surface area contributed by atoms with E-state index in [1.807, 2.05) is 23.7 Å². The Bertz CT molecular complexity index is 433.